The summed E-state index contributed by atoms with van der Waals surface area (Å²) in [5.41, 5.74) is 0. The predicted molar refractivity (Wildman–Crippen MR) is 52.8 cm³/mol. The summed E-state index contributed by atoms with van der Waals surface area (Å²) in [5.74, 6) is -0.355. The van der Waals surface area contributed by atoms with Crippen molar-refractivity contribution >= 4 is 21.7 Å². The highest BCUT2D eigenvalue weighted by molar-refractivity contribution is 9.11. The van der Waals surface area contributed by atoms with E-state index in [2.05, 4.69) is 15.9 Å². The van der Waals surface area contributed by atoms with E-state index in [1.165, 1.54) is 0 Å². The second-order valence-corrected chi connectivity index (χ2v) is 5.09. The summed E-state index contributed by atoms with van der Waals surface area (Å²) in [5, 5.41) is 0. The maximum atomic E-state index is 12.0. The van der Waals surface area contributed by atoms with Crippen molar-refractivity contribution < 1.29 is 14.3 Å². The number of hydrogen-bond acceptors (Lipinski definition) is 3. The molecule has 0 N–H and O–H groups in total. The number of ketones is 1. The molecule has 1 saturated carbocycles. The number of rotatable bonds is 1. The average molecular weight is 259 g/mol. The van der Waals surface area contributed by atoms with E-state index in [1.54, 1.807) is 7.11 Å². The van der Waals surface area contributed by atoms with Gasteiger partial charge in [-0.2, -0.15) is 0 Å². The minimum atomic E-state index is -0.971. The summed E-state index contributed by atoms with van der Waals surface area (Å²) < 4.78 is 12.0. The van der Waals surface area contributed by atoms with Gasteiger partial charge in [0.1, 0.15) is 0 Å². The molecular weight excluding hydrogens is 248 g/mol. The number of carbonyl (C=O) groups excluding carboxylic acids is 1. The molecule has 2 fully saturated rings. The van der Waals surface area contributed by atoms with Crippen molar-refractivity contribution in [1.82, 2.24) is 0 Å². The first kappa shape index (κ1) is 9.07. The Balaban J connectivity index is 2.16. The van der Waals surface area contributed by atoms with Crippen LogP contribution in [0.3, 0.4) is 0 Å². The maximum absolute atomic E-state index is 12.0. The van der Waals surface area contributed by atoms with Gasteiger partial charge < -0.3 is 9.47 Å². The molecule has 4 rings (SSSR count). The van der Waals surface area contributed by atoms with Crippen LogP contribution in [0.1, 0.15) is 6.42 Å². The average Bonchev–Trinajstić information content (AvgIpc) is 2.51. The lowest BCUT2D eigenvalue weighted by Gasteiger charge is -2.43. The molecule has 1 saturated heterocycles. The van der Waals surface area contributed by atoms with E-state index < -0.39 is 5.79 Å². The normalized spacial score (nSPS) is 49.7. The van der Waals surface area contributed by atoms with Crippen molar-refractivity contribution in [2.45, 2.75) is 12.2 Å². The molecule has 3 nitrogen and oxygen atoms in total. The van der Waals surface area contributed by atoms with Gasteiger partial charge in [-0.3, -0.25) is 4.79 Å². The van der Waals surface area contributed by atoms with Crippen molar-refractivity contribution in [2.75, 3.05) is 13.7 Å². The molecule has 4 bridgehead atoms. The highest BCUT2D eigenvalue weighted by Gasteiger charge is 2.64. The van der Waals surface area contributed by atoms with Crippen LogP contribution in [0, 0.1) is 17.8 Å². The molecule has 0 spiro atoms. The van der Waals surface area contributed by atoms with Gasteiger partial charge in [-0.05, 0) is 12.3 Å². The number of allylic oxidation sites excluding steroid dienone is 1. The standard InChI is InChI=1S/C10H11BrO3/c1-13-10-8-6(4-14-10)2-5(9(10)12)3-7(8)11/h3,5-6,8H,2,4H2,1H3/t5-,6-,8+,10+/m0/s1. The van der Waals surface area contributed by atoms with Crippen LogP contribution in [-0.4, -0.2) is 25.3 Å². The molecule has 1 aliphatic heterocycles. The number of carbonyl (C=O) groups is 1. The van der Waals surface area contributed by atoms with Gasteiger partial charge in [0.25, 0.3) is 0 Å². The second-order valence-electron chi connectivity index (χ2n) is 4.18. The fourth-order valence-corrected chi connectivity index (χ4v) is 3.97. The SMILES string of the molecule is CO[C@@]12OC[C@@H]3C[C@@H](C=C(Br)[C@@H]31)C2=O. The molecule has 14 heavy (non-hydrogen) atoms. The van der Waals surface area contributed by atoms with Gasteiger partial charge in [0, 0.05) is 17.5 Å². The van der Waals surface area contributed by atoms with Crippen LogP contribution in [0.2, 0.25) is 0 Å². The lowest BCUT2D eigenvalue weighted by Crippen LogP contribution is -2.55. The number of ether oxygens (including phenoxy) is 2. The molecule has 0 aromatic heterocycles. The lowest BCUT2D eigenvalue weighted by molar-refractivity contribution is -0.215. The Morgan fingerprint density at radius 3 is 3.14 bits per heavy atom. The first-order valence-corrected chi connectivity index (χ1v) is 5.59. The topological polar surface area (TPSA) is 35.5 Å². The van der Waals surface area contributed by atoms with Crippen LogP contribution in [0.5, 0.6) is 0 Å². The van der Waals surface area contributed by atoms with E-state index in [0.29, 0.717) is 12.5 Å². The second kappa shape index (κ2) is 2.68. The Kier molecular flexibility index (Phi) is 1.74. The molecule has 0 aromatic rings. The Hall–Kier alpha value is -0.190. The van der Waals surface area contributed by atoms with Gasteiger partial charge in [0.15, 0.2) is 5.78 Å². The highest BCUT2D eigenvalue weighted by atomic mass is 79.9. The van der Waals surface area contributed by atoms with E-state index >= 15 is 0 Å². The van der Waals surface area contributed by atoms with Crippen LogP contribution in [0.15, 0.2) is 10.6 Å². The molecular formula is C10H11BrO3. The van der Waals surface area contributed by atoms with Gasteiger partial charge >= 0.3 is 0 Å². The molecule has 0 radical (unpaired) electrons. The fraction of sp³-hybridized carbons (Fsp3) is 0.700. The lowest BCUT2D eigenvalue weighted by atomic mass is 9.67. The fourth-order valence-electron chi connectivity index (χ4n) is 2.98. The van der Waals surface area contributed by atoms with Gasteiger partial charge in [0.05, 0.1) is 12.5 Å². The summed E-state index contributed by atoms with van der Waals surface area (Å²) in [6, 6.07) is 0. The van der Waals surface area contributed by atoms with E-state index in [-0.39, 0.29) is 17.6 Å². The zero-order chi connectivity index (χ0) is 9.92. The Morgan fingerprint density at radius 1 is 1.71 bits per heavy atom. The van der Waals surface area contributed by atoms with Crippen molar-refractivity contribution in [1.29, 1.82) is 0 Å². The number of Topliss-reactive ketones (excluding diaryl/α,β-unsaturated/α-hetero) is 1. The first-order valence-electron chi connectivity index (χ1n) is 4.79. The Bertz CT molecular complexity index is 338. The minimum Gasteiger partial charge on any atom is -0.346 e. The monoisotopic (exact) mass is 258 g/mol. The number of methoxy groups -OCH3 is 1. The molecule has 0 aromatic carbocycles. The van der Waals surface area contributed by atoms with Gasteiger partial charge in [-0.15, -0.1) is 0 Å². The van der Waals surface area contributed by atoms with Gasteiger partial charge in [-0.1, -0.05) is 22.0 Å². The smallest absolute Gasteiger partial charge is 0.237 e. The molecule has 4 aliphatic rings. The molecule has 3 aliphatic carbocycles. The highest BCUT2D eigenvalue weighted by Crippen LogP contribution is 2.55. The molecule has 4 heteroatoms. The quantitative estimate of drug-likeness (QED) is 0.715. The van der Waals surface area contributed by atoms with Crippen LogP contribution in [-0.2, 0) is 14.3 Å². The van der Waals surface area contributed by atoms with Crippen molar-refractivity contribution in [3.05, 3.63) is 10.6 Å². The van der Waals surface area contributed by atoms with E-state index in [0.717, 1.165) is 10.9 Å². The van der Waals surface area contributed by atoms with E-state index in [9.17, 15) is 4.79 Å². The van der Waals surface area contributed by atoms with E-state index in [4.69, 9.17) is 9.47 Å². The minimum absolute atomic E-state index is 0.0122. The van der Waals surface area contributed by atoms with E-state index in [1.807, 2.05) is 6.08 Å². The zero-order valence-corrected chi connectivity index (χ0v) is 9.41. The molecule has 4 atom stereocenters. The maximum Gasteiger partial charge on any atom is 0.237 e. The Labute approximate surface area is 90.6 Å². The molecule has 0 amide bonds. The third-order valence-corrected chi connectivity index (χ3v) is 4.35. The summed E-state index contributed by atoms with van der Waals surface area (Å²) >= 11 is 3.52. The van der Waals surface area contributed by atoms with Crippen molar-refractivity contribution in [2.24, 2.45) is 17.8 Å². The van der Waals surface area contributed by atoms with Gasteiger partial charge in [0.2, 0.25) is 5.79 Å². The summed E-state index contributed by atoms with van der Waals surface area (Å²) in [6.45, 7) is 0.643. The summed E-state index contributed by atoms with van der Waals surface area (Å²) in [6.07, 6.45) is 2.93. The van der Waals surface area contributed by atoms with Crippen molar-refractivity contribution in [3.8, 4) is 0 Å². The summed E-state index contributed by atoms with van der Waals surface area (Å²) in [4.78, 5) is 12.0. The van der Waals surface area contributed by atoms with Crippen LogP contribution in [0.25, 0.3) is 0 Å². The molecule has 76 valence electrons. The van der Waals surface area contributed by atoms with Crippen LogP contribution >= 0.6 is 15.9 Å². The van der Waals surface area contributed by atoms with Crippen molar-refractivity contribution in [3.63, 3.8) is 0 Å². The molecule has 0 unspecified atom stereocenters. The van der Waals surface area contributed by atoms with Gasteiger partial charge in [-0.25, -0.2) is 0 Å². The number of halogens is 1. The van der Waals surface area contributed by atoms with Crippen LogP contribution in [0.4, 0.5) is 0 Å². The van der Waals surface area contributed by atoms with Crippen LogP contribution < -0.4 is 0 Å². The molecule has 1 heterocycles. The number of hydrogen-bond donors (Lipinski definition) is 0. The zero-order valence-electron chi connectivity index (χ0n) is 7.83. The third kappa shape index (κ3) is 0.829. The largest absolute Gasteiger partial charge is 0.346 e. The third-order valence-electron chi connectivity index (χ3n) is 3.59. The Morgan fingerprint density at radius 2 is 2.50 bits per heavy atom. The summed E-state index contributed by atoms with van der Waals surface area (Å²) in [7, 11) is 1.56. The first-order chi connectivity index (χ1) is 6.69. The predicted octanol–water partition coefficient (Wildman–Crippen LogP) is 1.47.